The number of carbonyl (C=O) groups excluding carboxylic acids is 1. The molecule has 0 aromatic rings. The number of carbonyl (C=O) groups is 2. The minimum Gasteiger partial charge on any atom is -0.481 e. The topological polar surface area (TPSA) is 66.8 Å². The molecule has 0 bridgehead atoms. The van der Waals surface area contributed by atoms with Gasteiger partial charge in [-0.2, -0.15) is 0 Å². The Morgan fingerprint density at radius 1 is 1.44 bits per heavy atom. The molecule has 1 amide bonds. The molecule has 5 nitrogen and oxygen atoms in total. The first kappa shape index (κ1) is 11.4. The fraction of sp³-hybridized carbons (Fsp3) is 0.818. The number of hydrogen-bond donors (Lipinski definition) is 1. The lowest BCUT2D eigenvalue weighted by Gasteiger charge is -2.16. The third kappa shape index (κ3) is 2.19. The molecule has 16 heavy (non-hydrogen) atoms. The highest BCUT2D eigenvalue weighted by Gasteiger charge is 2.50. The molecule has 90 valence electrons. The van der Waals surface area contributed by atoms with E-state index >= 15 is 0 Å². The summed E-state index contributed by atoms with van der Waals surface area (Å²) in [6.45, 7) is 2.14. The van der Waals surface area contributed by atoms with Gasteiger partial charge in [-0.15, -0.1) is 0 Å². The van der Waals surface area contributed by atoms with Crippen LogP contribution in [0.3, 0.4) is 0 Å². The molecule has 5 heteroatoms. The predicted octanol–water partition coefficient (Wildman–Crippen LogP) is 0.202. The third-order valence-corrected chi connectivity index (χ3v) is 3.42. The maximum atomic E-state index is 11.9. The Morgan fingerprint density at radius 2 is 2.19 bits per heavy atom. The van der Waals surface area contributed by atoms with Gasteiger partial charge >= 0.3 is 5.97 Å². The quantitative estimate of drug-likeness (QED) is 0.745. The molecule has 1 N–H and O–H groups in total. The van der Waals surface area contributed by atoms with Gasteiger partial charge in [-0.25, -0.2) is 0 Å². The van der Waals surface area contributed by atoms with Crippen molar-refractivity contribution in [2.24, 2.45) is 17.8 Å². The summed E-state index contributed by atoms with van der Waals surface area (Å²) in [7, 11) is 1.66. The van der Waals surface area contributed by atoms with Crippen molar-refractivity contribution in [1.29, 1.82) is 0 Å². The molecule has 2 aliphatic rings. The van der Waals surface area contributed by atoms with Crippen LogP contribution in [0, 0.1) is 17.8 Å². The van der Waals surface area contributed by atoms with E-state index in [1.165, 1.54) is 0 Å². The molecule has 0 spiro atoms. The van der Waals surface area contributed by atoms with Crippen molar-refractivity contribution in [1.82, 2.24) is 4.90 Å². The van der Waals surface area contributed by atoms with Gasteiger partial charge in [0.15, 0.2) is 0 Å². The number of rotatable bonds is 4. The van der Waals surface area contributed by atoms with Gasteiger partial charge in [0, 0.05) is 26.1 Å². The molecule has 2 fully saturated rings. The summed E-state index contributed by atoms with van der Waals surface area (Å²) in [5.74, 6) is -1.11. The van der Waals surface area contributed by atoms with Crippen molar-refractivity contribution >= 4 is 11.9 Å². The van der Waals surface area contributed by atoms with Gasteiger partial charge in [0.25, 0.3) is 0 Å². The third-order valence-electron chi connectivity index (χ3n) is 3.42. The number of methoxy groups -OCH3 is 1. The molecule has 0 aromatic heterocycles. The molecule has 1 aliphatic heterocycles. The first-order chi connectivity index (χ1) is 7.63. The van der Waals surface area contributed by atoms with E-state index in [1.807, 2.05) is 0 Å². The summed E-state index contributed by atoms with van der Waals surface area (Å²) in [6.07, 6.45) is 1.48. The lowest BCUT2D eigenvalue weighted by Crippen LogP contribution is -2.31. The first-order valence-electron chi connectivity index (χ1n) is 5.64. The second kappa shape index (κ2) is 4.41. The predicted molar refractivity (Wildman–Crippen MR) is 55.8 cm³/mol. The summed E-state index contributed by atoms with van der Waals surface area (Å²) in [5.41, 5.74) is 0. The summed E-state index contributed by atoms with van der Waals surface area (Å²) < 4.78 is 5.06. The van der Waals surface area contributed by atoms with Crippen molar-refractivity contribution in [2.75, 3.05) is 26.8 Å². The van der Waals surface area contributed by atoms with Crippen LogP contribution < -0.4 is 0 Å². The normalized spacial score (nSPS) is 32.8. The van der Waals surface area contributed by atoms with E-state index in [0.717, 1.165) is 19.5 Å². The summed E-state index contributed by atoms with van der Waals surface area (Å²) in [4.78, 5) is 24.4. The highest BCUT2D eigenvalue weighted by Crippen LogP contribution is 2.40. The Labute approximate surface area is 94.4 Å². The number of carboxylic acids is 1. The SMILES string of the molecule is COCC1CCN(C(=O)[C@@H]2C[C@@H]2C(=O)O)C1. The lowest BCUT2D eigenvalue weighted by molar-refractivity contribution is -0.141. The number of aliphatic carboxylic acids is 1. The zero-order valence-electron chi connectivity index (χ0n) is 9.39. The molecule has 0 radical (unpaired) electrons. The standard InChI is InChI=1S/C11H17NO4/c1-16-6-7-2-3-12(5-7)10(13)8-4-9(8)11(14)15/h7-9H,2-6H2,1H3,(H,14,15)/t7?,8-,9+/m1/s1. The van der Waals surface area contributed by atoms with Gasteiger partial charge in [0.2, 0.25) is 5.91 Å². The maximum Gasteiger partial charge on any atom is 0.307 e. The highest BCUT2D eigenvalue weighted by atomic mass is 16.5. The largest absolute Gasteiger partial charge is 0.481 e. The van der Waals surface area contributed by atoms with Gasteiger partial charge in [-0.1, -0.05) is 0 Å². The van der Waals surface area contributed by atoms with E-state index in [2.05, 4.69) is 0 Å². The summed E-state index contributed by atoms with van der Waals surface area (Å²) in [6, 6.07) is 0. The minimum atomic E-state index is -0.842. The molecular formula is C11H17NO4. The number of ether oxygens (including phenoxy) is 1. The Morgan fingerprint density at radius 3 is 2.75 bits per heavy atom. The average Bonchev–Trinajstić information content (AvgIpc) is 2.92. The van der Waals surface area contributed by atoms with Crippen molar-refractivity contribution in [3.05, 3.63) is 0 Å². The minimum absolute atomic E-state index is 0.0194. The summed E-state index contributed by atoms with van der Waals surface area (Å²) in [5, 5.41) is 8.76. The Balaban J connectivity index is 1.82. The van der Waals surface area contributed by atoms with Crippen LogP contribution in [0.4, 0.5) is 0 Å². The van der Waals surface area contributed by atoms with Crippen LogP contribution in [0.5, 0.6) is 0 Å². The first-order valence-corrected chi connectivity index (χ1v) is 5.64. The zero-order valence-corrected chi connectivity index (χ0v) is 9.39. The van der Waals surface area contributed by atoms with Crippen LogP contribution in [-0.4, -0.2) is 48.7 Å². The second-order valence-electron chi connectivity index (χ2n) is 4.68. The van der Waals surface area contributed by atoms with E-state index in [1.54, 1.807) is 12.0 Å². The van der Waals surface area contributed by atoms with E-state index in [9.17, 15) is 9.59 Å². The molecule has 2 rings (SSSR count). The van der Waals surface area contributed by atoms with Gasteiger partial charge in [0.05, 0.1) is 18.4 Å². The van der Waals surface area contributed by atoms with Crippen molar-refractivity contribution < 1.29 is 19.4 Å². The molecular weight excluding hydrogens is 210 g/mol. The Hall–Kier alpha value is -1.10. The number of likely N-dealkylation sites (tertiary alicyclic amines) is 1. The smallest absolute Gasteiger partial charge is 0.307 e. The Kier molecular flexibility index (Phi) is 3.14. The Bertz CT molecular complexity index is 304. The number of carboxylic acid groups (broad SMARTS) is 1. The van der Waals surface area contributed by atoms with Crippen LogP contribution in [0.15, 0.2) is 0 Å². The molecule has 0 aromatic carbocycles. The van der Waals surface area contributed by atoms with Gasteiger partial charge in [-0.3, -0.25) is 9.59 Å². The summed E-state index contributed by atoms with van der Waals surface area (Å²) >= 11 is 0. The van der Waals surface area contributed by atoms with Crippen LogP contribution in [0.1, 0.15) is 12.8 Å². The fourth-order valence-corrected chi connectivity index (χ4v) is 2.38. The van der Waals surface area contributed by atoms with Crippen molar-refractivity contribution in [3.8, 4) is 0 Å². The maximum absolute atomic E-state index is 11.9. The molecule has 1 aliphatic carbocycles. The van der Waals surface area contributed by atoms with Gasteiger partial charge in [0.1, 0.15) is 0 Å². The fourth-order valence-electron chi connectivity index (χ4n) is 2.38. The molecule has 1 heterocycles. The van der Waals surface area contributed by atoms with Gasteiger partial charge in [-0.05, 0) is 12.8 Å². The van der Waals surface area contributed by atoms with Crippen LogP contribution in [0.25, 0.3) is 0 Å². The zero-order chi connectivity index (χ0) is 11.7. The number of hydrogen-bond acceptors (Lipinski definition) is 3. The molecule has 1 saturated carbocycles. The van der Waals surface area contributed by atoms with Crippen LogP contribution in [0.2, 0.25) is 0 Å². The second-order valence-corrected chi connectivity index (χ2v) is 4.68. The molecule has 1 unspecified atom stereocenters. The molecule has 3 atom stereocenters. The van der Waals surface area contributed by atoms with Crippen molar-refractivity contribution in [3.63, 3.8) is 0 Å². The van der Waals surface area contributed by atoms with Crippen molar-refractivity contribution in [2.45, 2.75) is 12.8 Å². The van der Waals surface area contributed by atoms with E-state index in [4.69, 9.17) is 9.84 Å². The average molecular weight is 227 g/mol. The van der Waals surface area contributed by atoms with E-state index in [-0.39, 0.29) is 11.8 Å². The van der Waals surface area contributed by atoms with Crippen LogP contribution in [-0.2, 0) is 14.3 Å². The molecule has 1 saturated heterocycles. The van der Waals surface area contributed by atoms with E-state index in [0.29, 0.717) is 18.9 Å². The monoisotopic (exact) mass is 227 g/mol. The number of amides is 1. The lowest BCUT2D eigenvalue weighted by atomic mass is 10.1. The van der Waals surface area contributed by atoms with Crippen LogP contribution >= 0.6 is 0 Å². The van der Waals surface area contributed by atoms with Gasteiger partial charge < -0.3 is 14.7 Å². The highest BCUT2D eigenvalue weighted by molar-refractivity contribution is 5.89. The van der Waals surface area contributed by atoms with E-state index < -0.39 is 11.9 Å². The number of nitrogens with zero attached hydrogens (tertiary/aromatic N) is 1.